The lowest BCUT2D eigenvalue weighted by Crippen LogP contribution is -2.48. The molecule has 0 bridgehead atoms. The maximum atomic E-state index is 12.3. The van der Waals surface area contributed by atoms with Gasteiger partial charge in [-0.15, -0.1) is 11.3 Å². The molecule has 0 amide bonds. The maximum Gasteiger partial charge on any atom is 0.250 e. The minimum absolute atomic E-state index is 0.405. The Balaban J connectivity index is 1.44. The molecule has 142 valence electrons. The first-order chi connectivity index (χ1) is 12.5. The van der Waals surface area contributed by atoms with Crippen LogP contribution in [0.2, 0.25) is 5.02 Å². The van der Waals surface area contributed by atoms with Crippen LogP contribution in [0.4, 0.5) is 5.69 Å². The van der Waals surface area contributed by atoms with Gasteiger partial charge in [-0.2, -0.15) is 0 Å². The number of sulfonamides is 1. The fraction of sp³-hybridized carbons (Fsp3) is 0.444. The molecule has 0 saturated carbocycles. The fourth-order valence-electron chi connectivity index (χ4n) is 2.98. The first kappa shape index (κ1) is 19.6. The van der Waals surface area contributed by atoms with E-state index in [2.05, 4.69) is 14.5 Å². The number of anilines is 1. The van der Waals surface area contributed by atoms with Crippen molar-refractivity contribution in [3.63, 3.8) is 0 Å². The molecule has 26 heavy (non-hydrogen) atoms. The lowest BCUT2D eigenvalue weighted by Gasteiger charge is -2.36. The Hall–Kier alpha value is -1.12. The third kappa shape index (κ3) is 4.98. The van der Waals surface area contributed by atoms with Gasteiger partial charge in [-0.05, 0) is 42.8 Å². The van der Waals surface area contributed by atoms with Crippen LogP contribution in [0.1, 0.15) is 11.8 Å². The zero-order valence-corrected chi connectivity index (χ0v) is 17.2. The van der Waals surface area contributed by atoms with Gasteiger partial charge in [0, 0.05) is 54.9 Å². The van der Waals surface area contributed by atoms with Crippen LogP contribution in [0, 0.1) is 0 Å². The van der Waals surface area contributed by atoms with E-state index in [0.717, 1.165) is 49.0 Å². The van der Waals surface area contributed by atoms with Gasteiger partial charge in [-0.1, -0.05) is 18.5 Å². The van der Waals surface area contributed by atoms with Crippen molar-refractivity contribution in [2.75, 3.05) is 44.2 Å². The Labute approximate surface area is 164 Å². The highest BCUT2D eigenvalue weighted by molar-refractivity contribution is 7.91. The summed E-state index contributed by atoms with van der Waals surface area (Å²) in [5.41, 5.74) is 1.18. The molecule has 1 N–H and O–H groups in total. The average molecular weight is 414 g/mol. The number of piperazine rings is 1. The Morgan fingerprint density at radius 1 is 1.08 bits per heavy atom. The monoisotopic (exact) mass is 413 g/mol. The summed E-state index contributed by atoms with van der Waals surface area (Å²) >= 11 is 7.28. The molecule has 0 unspecified atom stereocenters. The summed E-state index contributed by atoms with van der Waals surface area (Å²) in [7, 11) is -3.39. The van der Waals surface area contributed by atoms with Crippen LogP contribution < -0.4 is 9.62 Å². The van der Waals surface area contributed by atoms with Crippen molar-refractivity contribution in [2.45, 2.75) is 17.6 Å². The second kappa shape index (κ2) is 8.71. The van der Waals surface area contributed by atoms with Crippen LogP contribution in [0.3, 0.4) is 0 Å². The number of halogens is 1. The Morgan fingerprint density at radius 2 is 1.77 bits per heavy atom. The zero-order chi connectivity index (χ0) is 18.6. The molecule has 0 spiro atoms. The predicted octanol–water partition coefficient (Wildman–Crippen LogP) is 3.06. The summed E-state index contributed by atoms with van der Waals surface area (Å²) in [6, 6.07) is 11.5. The minimum Gasteiger partial charge on any atom is -0.369 e. The van der Waals surface area contributed by atoms with E-state index >= 15 is 0 Å². The second-order valence-corrected chi connectivity index (χ2v) is 9.88. The van der Waals surface area contributed by atoms with Gasteiger partial charge in [-0.3, -0.25) is 4.90 Å². The number of nitrogens with one attached hydrogen (secondary N) is 1. The molecule has 1 aliphatic rings. The zero-order valence-electron chi connectivity index (χ0n) is 14.8. The molecule has 1 aromatic heterocycles. The van der Waals surface area contributed by atoms with E-state index in [-0.39, 0.29) is 0 Å². The van der Waals surface area contributed by atoms with Crippen LogP contribution in [0.5, 0.6) is 0 Å². The summed E-state index contributed by atoms with van der Waals surface area (Å²) in [5, 5.41) is 0.747. The summed E-state index contributed by atoms with van der Waals surface area (Å²) in [6.07, 6.45) is 0.859. The van der Waals surface area contributed by atoms with Crippen molar-refractivity contribution in [2.24, 2.45) is 0 Å². The molecule has 2 heterocycles. The van der Waals surface area contributed by atoms with Crippen LogP contribution in [0.25, 0.3) is 0 Å². The molecular formula is C18H24ClN3O2S2. The third-order valence-corrected chi connectivity index (χ3v) is 7.97. The smallest absolute Gasteiger partial charge is 0.250 e. The van der Waals surface area contributed by atoms with Gasteiger partial charge < -0.3 is 4.90 Å². The molecule has 1 aliphatic heterocycles. The number of hydrogen-bond acceptors (Lipinski definition) is 5. The van der Waals surface area contributed by atoms with Gasteiger partial charge in [0.1, 0.15) is 4.21 Å². The van der Waals surface area contributed by atoms with Gasteiger partial charge in [0.2, 0.25) is 10.0 Å². The second-order valence-electron chi connectivity index (χ2n) is 6.28. The summed E-state index contributed by atoms with van der Waals surface area (Å²) in [4.78, 5) is 5.71. The molecular weight excluding hydrogens is 390 g/mol. The van der Waals surface area contributed by atoms with Crippen LogP contribution in [-0.2, 0) is 16.4 Å². The number of aryl methyl sites for hydroxylation is 1. The van der Waals surface area contributed by atoms with E-state index in [1.807, 2.05) is 37.3 Å². The quantitative estimate of drug-likeness (QED) is 0.757. The van der Waals surface area contributed by atoms with Crippen molar-refractivity contribution < 1.29 is 8.42 Å². The van der Waals surface area contributed by atoms with Gasteiger partial charge in [0.25, 0.3) is 0 Å². The van der Waals surface area contributed by atoms with E-state index in [4.69, 9.17) is 11.6 Å². The molecule has 0 atom stereocenters. The lowest BCUT2D eigenvalue weighted by molar-refractivity contribution is 0.262. The highest BCUT2D eigenvalue weighted by Crippen LogP contribution is 2.22. The number of hydrogen-bond donors (Lipinski definition) is 1. The molecule has 2 aromatic rings. The molecule has 8 heteroatoms. The SMILES string of the molecule is CCc1ccc(S(=O)(=O)NCCN2CCN(c3ccc(Cl)cc3)CC2)s1. The summed E-state index contributed by atoms with van der Waals surface area (Å²) in [5.74, 6) is 0. The van der Waals surface area contributed by atoms with Crippen molar-refractivity contribution in [1.29, 1.82) is 0 Å². The molecule has 1 aromatic carbocycles. The first-order valence-corrected chi connectivity index (χ1v) is 11.5. The highest BCUT2D eigenvalue weighted by Gasteiger charge is 2.19. The van der Waals surface area contributed by atoms with Crippen molar-refractivity contribution >= 4 is 38.6 Å². The number of nitrogens with zero attached hydrogens (tertiary/aromatic N) is 2. The molecule has 1 saturated heterocycles. The van der Waals surface area contributed by atoms with Crippen molar-refractivity contribution in [3.8, 4) is 0 Å². The largest absolute Gasteiger partial charge is 0.369 e. The van der Waals surface area contributed by atoms with E-state index in [0.29, 0.717) is 10.8 Å². The molecule has 1 fully saturated rings. The highest BCUT2D eigenvalue weighted by atomic mass is 35.5. The number of thiophene rings is 1. The normalized spacial score (nSPS) is 16.2. The Kier molecular flexibility index (Phi) is 6.58. The van der Waals surface area contributed by atoms with Crippen molar-refractivity contribution in [3.05, 3.63) is 46.3 Å². The first-order valence-electron chi connectivity index (χ1n) is 8.79. The van der Waals surface area contributed by atoms with Crippen molar-refractivity contribution in [1.82, 2.24) is 9.62 Å². The van der Waals surface area contributed by atoms with Gasteiger partial charge in [0.15, 0.2) is 0 Å². The standard InChI is InChI=1S/C18H24ClN3O2S2/c1-2-17-7-8-18(25-17)26(23,24)20-9-10-21-11-13-22(14-12-21)16-5-3-15(19)4-6-16/h3-8,20H,2,9-14H2,1H3. The maximum absolute atomic E-state index is 12.3. The average Bonchev–Trinajstić information content (AvgIpc) is 3.13. The summed E-state index contributed by atoms with van der Waals surface area (Å²) in [6.45, 7) is 6.88. The topological polar surface area (TPSA) is 52.7 Å². The molecule has 0 aliphatic carbocycles. The third-order valence-electron chi connectivity index (χ3n) is 4.53. The molecule has 5 nitrogen and oxygen atoms in total. The van der Waals surface area contributed by atoms with Gasteiger partial charge >= 0.3 is 0 Å². The van der Waals surface area contributed by atoms with E-state index in [1.54, 1.807) is 6.07 Å². The minimum atomic E-state index is -3.39. The van der Waals surface area contributed by atoms with Crippen LogP contribution in [-0.4, -0.2) is 52.6 Å². The van der Waals surface area contributed by atoms with Gasteiger partial charge in [-0.25, -0.2) is 13.1 Å². The Bertz CT molecular complexity index is 813. The van der Waals surface area contributed by atoms with E-state index in [1.165, 1.54) is 17.0 Å². The molecule has 0 radical (unpaired) electrons. The lowest BCUT2D eigenvalue weighted by atomic mass is 10.2. The predicted molar refractivity (Wildman–Crippen MR) is 109 cm³/mol. The van der Waals surface area contributed by atoms with Crippen LogP contribution in [0.15, 0.2) is 40.6 Å². The number of benzene rings is 1. The molecule has 3 rings (SSSR count). The number of rotatable bonds is 7. The Morgan fingerprint density at radius 3 is 2.38 bits per heavy atom. The van der Waals surface area contributed by atoms with E-state index in [9.17, 15) is 8.42 Å². The van der Waals surface area contributed by atoms with Crippen LogP contribution >= 0.6 is 22.9 Å². The fourth-order valence-corrected chi connectivity index (χ4v) is 5.47. The van der Waals surface area contributed by atoms with E-state index < -0.39 is 10.0 Å². The summed E-state index contributed by atoms with van der Waals surface area (Å²) < 4.78 is 27.8. The van der Waals surface area contributed by atoms with Gasteiger partial charge in [0.05, 0.1) is 0 Å².